The highest BCUT2D eigenvalue weighted by Gasteiger charge is 2.16. The lowest BCUT2D eigenvalue weighted by molar-refractivity contribution is 1.18. The van der Waals surface area contributed by atoms with Crippen molar-refractivity contribution in [2.45, 2.75) is 0 Å². The molecule has 0 N–H and O–H groups in total. The van der Waals surface area contributed by atoms with E-state index in [4.69, 9.17) is 9.97 Å². The first-order chi connectivity index (χ1) is 26.2. The molecule has 0 amide bonds. The zero-order valence-corrected chi connectivity index (χ0v) is 29.6. The molecule has 0 radical (unpaired) electrons. The Morgan fingerprint density at radius 2 is 0.906 bits per heavy atom. The molecule has 0 aliphatic rings. The Morgan fingerprint density at radius 3 is 1.72 bits per heavy atom. The SMILES string of the molecule is c1ccc(-c2cc(-c3cc(-c4ccccc4)nc(-c4ccc(-c5ccc6ccccc6c5)cc4)n3)cc(-c3cccc4sc5ccccc5c34)c2)cc1. The third kappa shape index (κ3) is 5.87. The van der Waals surface area contributed by atoms with Crippen LogP contribution in [0.5, 0.6) is 0 Å². The van der Waals surface area contributed by atoms with E-state index in [0.29, 0.717) is 5.82 Å². The number of rotatable bonds is 6. The van der Waals surface area contributed by atoms with Crippen molar-refractivity contribution in [1.29, 1.82) is 0 Å². The molecule has 3 heteroatoms. The quantitative estimate of drug-likeness (QED) is 0.173. The summed E-state index contributed by atoms with van der Waals surface area (Å²) in [6.07, 6.45) is 0. The van der Waals surface area contributed by atoms with Gasteiger partial charge in [0.2, 0.25) is 0 Å². The zero-order chi connectivity index (χ0) is 35.1. The molecule has 8 aromatic carbocycles. The van der Waals surface area contributed by atoms with E-state index in [1.807, 2.05) is 17.4 Å². The number of hydrogen-bond acceptors (Lipinski definition) is 3. The highest BCUT2D eigenvalue weighted by atomic mass is 32.1. The summed E-state index contributed by atoms with van der Waals surface area (Å²) in [5.41, 5.74) is 11.9. The Balaban J connectivity index is 1.14. The van der Waals surface area contributed by atoms with E-state index in [0.717, 1.165) is 44.8 Å². The minimum absolute atomic E-state index is 0.698. The molecule has 10 aromatic rings. The second kappa shape index (κ2) is 13.1. The van der Waals surface area contributed by atoms with Crippen molar-refractivity contribution in [3.63, 3.8) is 0 Å². The predicted octanol–water partition coefficient (Wildman–Crippen LogP) is 14.0. The van der Waals surface area contributed by atoms with Crippen molar-refractivity contribution in [3.05, 3.63) is 194 Å². The van der Waals surface area contributed by atoms with Crippen LogP contribution in [0.1, 0.15) is 0 Å². The van der Waals surface area contributed by atoms with Gasteiger partial charge in [0, 0.05) is 36.9 Å². The highest BCUT2D eigenvalue weighted by Crippen LogP contribution is 2.42. The molecule has 0 bridgehead atoms. The summed E-state index contributed by atoms with van der Waals surface area (Å²) in [4.78, 5) is 10.5. The van der Waals surface area contributed by atoms with Crippen molar-refractivity contribution in [1.82, 2.24) is 9.97 Å². The van der Waals surface area contributed by atoms with E-state index in [1.54, 1.807) is 0 Å². The van der Waals surface area contributed by atoms with Crippen LogP contribution in [0.4, 0.5) is 0 Å². The fourth-order valence-corrected chi connectivity index (χ4v) is 8.54. The lowest BCUT2D eigenvalue weighted by Gasteiger charge is -2.14. The first-order valence-electron chi connectivity index (χ1n) is 17.9. The third-order valence-corrected chi connectivity index (χ3v) is 11.2. The van der Waals surface area contributed by atoms with Gasteiger partial charge in [-0.05, 0) is 86.6 Å². The molecule has 10 rings (SSSR count). The highest BCUT2D eigenvalue weighted by molar-refractivity contribution is 7.25. The van der Waals surface area contributed by atoms with Gasteiger partial charge in [-0.1, -0.05) is 152 Å². The molecule has 0 atom stereocenters. The van der Waals surface area contributed by atoms with Gasteiger partial charge in [0.25, 0.3) is 0 Å². The van der Waals surface area contributed by atoms with E-state index in [-0.39, 0.29) is 0 Å². The normalized spacial score (nSPS) is 11.4. The molecule has 0 unspecified atom stereocenters. The number of fused-ring (bicyclic) bond motifs is 4. The molecule has 2 heterocycles. The van der Waals surface area contributed by atoms with Gasteiger partial charge in [0.15, 0.2) is 5.82 Å². The Kier molecular flexibility index (Phi) is 7.71. The van der Waals surface area contributed by atoms with Gasteiger partial charge in [-0.15, -0.1) is 11.3 Å². The van der Waals surface area contributed by atoms with Gasteiger partial charge in [-0.2, -0.15) is 0 Å². The van der Waals surface area contributed by atoms with Gasteiger partial charge in [-0.3, -0.25) is 0 Å². The molecule has 0 fully saturated rings. The van der Waals surface area contributed by atoms with Crippen LogP contribution in [0.3, 0.4) is 0 Å². The van der Waals surface area contributed by atoms with Crippen LogP contribution >= 0.6 is 11.3 Å². The van der Waals surface area contributed by atoms with E-state index >= 15 is 0 Å². The number of hydrogen-bond donors (Lipinski definition) is 0. The van der Waals surface area contributed by atoms with Gasteiger partial charge in [0.1, 0.15) is 0 Å². The molecule has 248 valence electrons. The van der Waals surface area contributed by atoms with Gasteiger partial charge in [-0.25, -0.2) is 9.97 Å². The molecule has 0 spiro atoms. The molecular formula is C50H32N2S. The summed E-state index contributed by atoms with van der Waals surface area (Å²) >= 11 is 1.85. The van der Waals surface area contributed by atoms with Crippen LogP contribution < -0.4 is 0 Å². The summed E-state index contributed by atoms with van der Waals surface area (Å²) < 4.78 is 2.59. The van der Waals surface area contributed by atoms with Crippen molar-refractivity contribution >= 4 is 42.3 Å². The van der Waals surface area contributed by atoms with Crippen LogP contribution in [-0.4, -0.2) is 9.97 Å². The fourth-order valence-electron chi connectivity index (χ4n) is 7.41. The maximum absolute atomic E-state index is 5.31. The third-order valence-electron chi connectivity index (χ3n) is 10.1. The van der Waals surface area contributed by atoms with Gasteiger partial charge in [0.05, 0.1) is 11.4 Å². The molecule has 0 saturated heterocycles. The topological polar surface area (TPSA) is 25.8 Å². The second-order valence-electron chi connectivity index (χ2n) is 13.4. The van der Waals surface area contributed by atoms with E-state index in [2.05, 4.69) is 188 Å². The van der Waals surface area contributed by atoms with Gasteiger partial charge < -0.3 is 0 Å². The lowest BCUT2D eigenvalue weighted by atomic mass is 9.92. The average molecular weight is 693 g/mol. The van der Waals surface area contributed by atoms with E-state index in [1.165, 1.54) is 47.6 Å². The maximum Gasteiger partial charge on any atom is 0.160 e. The molecule has 0 aliphatic heterocycles. The summed E-state index contributed by atoms with van der Waals surface area (Å²) in [5, 5.41) is 5.06. The number of benzene rings is 8. The molecule has 2 aromatic heterocycles. The fraction of sp³-hybridized carbons (Fsp3) is 0. The van der Waals surface area contributed by atoms with Crippen LogP contribution in [0.2, 0.25) is 0 Å². The monoisotopic (exact) mass is 692 g/mol. The number of nitrogens with zero attached hydrogens (tertiary/aromatic N) is 2. The molecular weight excluding hydrogens is 661 g/mol. The summed E-state index contributed by atoms with van der Waals surface area (Å²) in [6.45, 7) is 0. The number of aromatic nitrogens is 2. The maximum atomic E-state index is 5.31. The lowest BCUT2D eigenvalue weighted by Crippen LogP contribution is -1.97. The number of thiophene rings is 1. The van der Waals surface area contributed by atoms with Gasteiger partial charge >= 0.3 is 0 Å². The summed E-state index contributed by atoms with van der Waals surface area (Å²) in [6, 6.07) is 69.3. The van der Waals surface area contributed by atoms with Crippen LogP contribution in [-0.2, 0) is 0 Å². The van der Waals surface area contributed by atoms with E-state index < -0.39 is 0 Å². The molecule has 53 heavy (non-hydrogen) atoms. The minimum atomic E-state index is 0.698. The standard InChI is InChI=1S/C50H32N2S/c1-3-12-33(13-4-1)40-29-41(43-19-11-21-48-49(43)44-18-9-10-20-47(44)53-48)31-42(30-40)46-32-45(36-15-5-2-6-16-36)51-50(52-46)37-25-22-35(23-26-37)39-27-24-34-14-7-8-17-38(34)28-39/h1-32H. The predicted molar refractivity (Wildman–Crippen MR) is 225 cm³/mol. The summed E-state index contributed by atoms with van der Waals surface area (Å²) in [5.74, 6) is 0.698. The largest absolute Gasteiger partial charge is 0.228 e. The van der Waals surface area contributed by atoms with Crippen LogP contribution in [0.25, 0.3) is 98.2 Å². The first kappa shape index (κ1) is 31.1. The van der Waals surface area contributed by atoms with Crippen molar-refractivity contribution < 1.29 is 0 Å². The first-order valence-corrected chi connectivity index (χ1v) is 18.7. The van der Waals surface area contributed by atoms with Crippen LogP contribution in [0, 0.1) is 0 Å². The molecule has 0 aliphatic carbocycles. The van der Waals surface area contributed by atoms with Crippen molar-refractivity contribution in [2.24, 2.45) is 0 Å². The Bertz CT molecular complexity index is 2930. The Hall–Kier alpha value is -6.68. The van der Waals surface area contributed by atoms with Crippen molar-refractivity contribution in [2.75, 3.05) is 0 Å². The minimum Gasteiger partial charge on any atom is -0.228 e. The molecule has 2 nitrogen and oxygen atoms in total. The Morgan fingerprint density at radius 1 is 0.321 bits per heavy atom. The smallest absolute Gasteiger partial charge is 0.160 e. The zero-order valence-electron chi connectivity index (χ0n) is 28.8. The average Bonchev–Trinajstić information content (AvgIpc) is 3.63. The van der Waals surface area contributed by atoms with E-state index in [9.17, 15) is 0 Å². The van der Waals surface area contributed by atoms with Crippen molar-refractivity contribution in [3.8, 4) is 67.3 Å². The molecule has 0 saturated carbocycles. The van der Waals surface area contributed by atoms with Crippen LogP contribution in [0.15, 0.2) is 194 Å². The summed E-state index contributed by atoms with van der Waals surface area (Å²) in [7, 11) is 0. The second-order valence-corrected chi connectivity index (χ2v) is 14.5. The Labute approximate surface area is 312 Å².